The molecule has 0 bridgehead atoms. The molecule has 0 aliphatic carbocycles. The van der Waals surface area contributed by atoms with Crippen LogP contribution in [0.5, 0.6) is 0 Å². The second-order valence-corrected chi connectivity index (χ2v) is 1.43. The van der Waals surface area contributed by atoms with Crippen LogP contribution in [-0.4, -0.2) is 69.6 Å². The van der Waals surface area contributed by atoms with Crippen LogP contribution in [0.2, 0.25) is 0 Å². The van der Waals surface area contributed by atoms with Crippen LogP contribution in [-0.2, 0) is 10.4 Å². The molecule has 0 saturated heterocycles. The fraction of sp³-hybridized carbons (Fsp3) is 0. The first kappa shape index (κ1) is 22.4. The molecule has 0 aliphatic heterocycles. The molecular weight excluding hydrogens is 192 g/mol. The Morgan fingerprint density at radius 1 is 1.20 bits per heavy atom. The van der Waals surface area contributed by atoms with Crippen molar-refractivity contribution < 1.29 is 22.7 Å². The van der Waals surface area contributed by atoms with Gasteiger partial charge in [0.05, 0.1) is 0 Å². The van der Waals surface area contributed by atoms with E-state index in [0.29, 0.717) is 0 Å². The van der Waals surface area contributed by atoms with Crippen molar-refractivity contribution in [1.82, 2.24) is 0 Å². The summed E-state index contributed by atoms with van der Waals surface area (Å²) in [4.78, 5) is 8.11. The number of rotatable bonds is 0. The quantitative estimate of drug-likeness (QED) is 0.174. The average molecular weight is 199 g/mol. The summed E-state index contributed by atoms with van der Waals surface area (Å²) < 4.78 is 31.6. The van der Waals surface area contributed by atoms with E-state index in [1.165, 1.54) is 5.34 Å². The second-order valence-electron chi connectivity index (χ2n) is 0.529. The molecule has 0 fully saturated rings. The first-order valence-corrected chi connectivity index (χ1v) is 2.48. The van der Waals surface area contributed by atoms with Crippen molar-refractivity contribution in [3.05, 3.63) is 4.91 Å². The molecule has 0 aliphatic rings. The summed E-state index contributed by atoms with van der Waals surface area (Å²) in [5.74, 6) is 0. The van der Waals surface area contributed by atoms with Gasteiger partial charge < -0.3 is 5.21 Å². The van der Waals surface area contributed by atoms with E-state index in [4.69, 9.17) is 27.6 Å². The molecule has 3 N–H and O–H groups in total. The summed E-state index contributed by atoms with van der Waals surface area (Å²) in [5.41, 5.74) is 0. The number of hydrogen-bond acceptors (Lipinski definition) is 4. The molecule has 58 valence electrons. The van der Waals surface area contributed by atoms with Gasteiger partial charge in [-0.25, -0.2) is 0 Å². The zero-order valence-electron chi connectivity index (χ0n) is 3.42. The van der Waals surface area contributed by atoms with Gasteiger partial charge in [-0.15, -0.1) is 4.91 Å². The monoisotopic (exact) mass is 199 g/mol. The normalized spacial score (nSPS) is 7.00. The van der Waals surface area contributed by atoms with E-state index in [-0.39, 0.29) is 46.9 Å². The van der Waals surface area contributed by atoms with Crippen molar-refractivity contribution in [3.63, 3.8) is 0 Å². The van der Waals surface area contributed by atoms with Gasteiger partial charge in [0.1, 0.15) is 0 Å². The van der Waals surface area contributed by atoms with E-state index in [0.717, 1.165) is 0 Å². The zero-order valence-corrected chi connectivity index (χ0v) is 4.24. The predicted octanol–water partition coefficient (Wildman–Crippen LogP) is -2.34. The van der Waals surface area contributed by atoms with Crippen molar-refractivity contribution in [2.24, 2.45) is 5.34 Å². The molecule has 0 aromatic carbocycles. The molecule has 0 saturated carbocycles. The first-order chi connectivity index (χ1) is 3.41. The van der Waals surface area contributed by atoms with Crippen LogP contribution in [0.1, 0.15) is 0 Å². The van der Waals surface area contributed by atoms with Crippen molar-refractivity contribution in [2.45, 2.75) is 0 Å². The van der Waals surface area contributed by atoms with Crippen LogP contribution in [0.3, 0.4) is 0 Å². The molecule has 0 radical (unpaired) electrons. The van der Waals surface area contributed by atoms with Crippen LogP contribution in [0.4, 0.5) is 0 Å². The van der Waals surface area contributed by atoms with Crippen LogP contribution in [0.15, 0.2) is 5.34 Å². The molecule has 0 amide bonds. The molecule has 0 heterocycles. The first-order valence-electron chi connectivity index (χ1n) is 1.08. The standard InChI is InChI=1S/Al.HNO2.Na.H2O4S.4H/c;2-1-3;;1-5(2,3)4;;;;/h;(H,2,3);;(H2,1,2,3,4);;;;. The van der Waals surface area contributed by atoms with Crippen molar-refractivity contribution in [2.75, 3.05) is 0 Å². The Bertz CT molecular complexity index is 132. The zero-order chi connectivity index (χ0) is 7.21. The van der Waals surface area contributed by atoms with Gasteiger partial charge in [0.2, 0.25) is 0 Å². The topological polar surface area (TPSA) is 124 Å². The molecule has 10 heteroatoms. The Morgan fingerprint density at radius 2 is 1.20 bits per heavy atom. The fourth-order valence-corrected chi connectivity index (χ4v) is 0. The Labute approximate surface area is 89.7 Å². The molecule has 0 aromatic heterocycles. The van der Waals surface area contributed by atoms with Crippen LogP contribution in [0.25, 0.3) is 0 Å². The molecule has 0 aromatic rings. The minimum absolute atomic E-state index is 0. The Kier molecular flexibility index (Phi) is 28.0. The third kappa shape index (κ3) is 832. The van der Waals surface area contributed by atoms with E-state index < -0.39 is 10.4 Å². The van der Waals surface area contributed by atoms with Gasteiger partial charge in [-0.1, -0.05) is 0 Å². The maximum absolute atomic E-state index is 8.74. The van der Waals surface area contributed by atoms with E-state index in [2.05, 4.69) is 0 Å². The molecule has 0 spiro atoms. The van der Waals surface area contributed by atoms with Gasteiger partial charge >= 0.3 is 40.0 Å². The van der Waals surface area contributed by atoms with Crippen LogP contribution < -0.4 is 0 Å². The summed E-state index contributed by atoms with van der Waals surface area (Å²) in [5, 5.41) is 7.89. The Balaban J connectivity index is -0.0000000326. The molecule has 10 heavy (non-hydrogen) atoms. The predicted molar refractivity (Wildman–Crippen MR) is 38.8 cm³/mol. The number of nitrogens with zero attached hydrogens (tertiary/aromatic N) is 1. The summed E-state index contributed by atoms with van der Waals surface area (Å²) >= 11 is 0. The fourth-order valence-electron chi connectivity index (χ4n) is 0. The van der Waals surface area contributed by atoms with Gasteiger partial charge in [-0.2, -0.15) is 8.42 Å². The van der Waals surface area contributed by atoms with Gasteiger partial charge in [-0.3, -0.25) is 9.11 Å². The maximum atomic E-state index is 8.74. The average Bonchev–Trinajstić information content (AvgIpc) is 1.27. The third-order valence-corrected chi connectivity index (χ3v) is 0. The minimum atomic E-state index is -4.67. The number of hydrogen-bond donors (Lipinski definition) is 3. The summed E-state index contributed by atoms with van der Waals surface area (Å²) in [6.07, 6.45) is 0. The van der Waals surface area contributed by atoms with Crippen molar-refractivity contribution in [1.29, 1.82) is 0 Å². The summed E-state index contributed by atoms with van der Waals surface area (Å²) in [7, 11) is -4.67. The molecule has 0 unspecified atom stereocenters. The third-order valence-electron chi connectivity index (χ3n) is 0. The van der Waals surface area contributed by atoms with E-state index in [9.17, 15) is 0 Å². The Hall–Kier alpha value is 0.802. The molecule has 0 atom stereocenters. The second kappa shape index (κ2) is 12.5. The summed E-state index contributed by atoms with van der Waals surface area (Å²) in [6, 6.07) is 0. The van der Waals surface area contributed by atoms with Gasteiger partial charge in [-0.05, 0) is 0 Å². The SMILES string of the molecule is O=NO.O=S(=O)(O)O.[AlH3].[NaH]. The molecule has 0 rings (SSSR count). The van der Waals surface area contributed by atoms with E-state index in [1.54, 1.807) is 0 Å². The van der Waals surface area contributed by atoms with E-state index in [1.807, 2.05) is 0 Å². The Morgan fingerprint density at radius 3 is 1.20 bits per heavy atom. The van der Waals surface area contributed by atoms with E-state index >= 15 is 0 Å². The van der Waals surface area contributed by atoms with Gasteiger partial charge in [0.15, 0.2) is 22.7 Å². The summed E-state index contributed by atoms with van der Waals surface area (Å²) in [6.45, 7) is 0. The molecular formula is H7AlNNaO6S. The van der Waals surface area contributed by atoms with Crippen molar-refractivity contribution in [3.8, 4) is 0 Å². The van der Waals surface area contributed by atoms with Crippen LogP contribution >= 0.6 is 0 Å². The van der Waals surface area contributed by atoms with Gasteiger partial charge in [0, 0.05) is 0 Å². The van der Waals surface area contributed by atoms with Crippen molar-refractivity contribution >= 4 is 57.3 Å². The molecule has 7 nitrogen and oxygen atoms in total. The van der Waals surface area contributed by atoms with Crippen LogP contribution in [0, 0.1) is 4.91 Å². The van der Waals surface area contributed by atoms with Gasteiger partial charge in [0.25, 0.3) is 0 Å².